The summed E-state index contributed by atoms with van der Waals surface area (Å²) in [5.74, 6) is -0.347. The SMILES string of the molecule is CC(C)(C(=O)Nc1nncs1)C(c1ccccc1)c1ccc2c(-c3cccc(CO)c3)ncn2c1. The van der Waals surface area contributed by atoms with Crippen molar-refractivity contribution in [2.75, 3.05) is 5.32 Å². The molecule has 0 aliphatic rings. The zero-order chi connectivity index (χ0) is 24.4. The summed E-state index contributed by atoms with van der Waals surface area (Å²) >= 11 is 1.29. The Hall–Kier alpha value is -3.88. The van der Waals surface area contributed by atoms with Crippen molar-refractivity contribution in [3.05, 3.63) is 101 Å². The molecule has 3 heterocycles. The van der Waals surface area contributed by atoms with E-state index in [2.05, 4.69) is 38.7 Å². The highest BCUT2D eigenvalue weighted by atomic mass is 32.1. The van der Waals surface area contributed by atoms with E-state index in [-0.39, 0.29) is 18.4 Å². The lowest BCUT2D eigenvalue weighted by Gasteiger charge is -2.33. The third-order valence-corrected chi connectivity index (χ3v) is 6.90. The van der Waals surface area contributed by atoms with Gasteiger partial charge < -0.3 is 14.8 Å². The molecule has 8 heteroatoms. The van der Waals surface area contributed by atoms with Crippen LogP contribution in [0, 0.1) is 5.41 Å². The number of hydrogen-bond acceptors (Lipinski definition) is 6. The molecule has 5 aromatic rings. The number of nitrogens with one attached hydrogen (secondary N) is 1. The molecule has 0 saturated carbocycles. The van der Waals surface area contributed by atoms with E-state index in [4.69, 9.17) is 0 Å². The topological polar surface area (TPSA) is 92.4 Å². The van der Waals surface area contributed by atoms with Crippen LogP contribution in [-0.2, 0) is 11.4 Å². The van der Waals surface area contributed by atoms with Crippen LogP contribution >= 0.6 is 11.3 Å². The molecule has 0 fully saturated rings. The first-order valence-electron chi connectivity index (χ1n) is 11.3. The lowest BCUT2D eigenvalue weighted by molar-refractivity contribution is -0.124. The first-order valence-corrected chi connectivity index (χ1v) is 12.1. The minimum Gasteiger partial charge on any atom is -0.392 e. The maximum Gasteiger partial charge on any atom is 0.232 e. The Balaban J connectivity index is 1.57. The van der Waals surface area contributed by atoms with E-state index >= 15 is 0 Å². The molecule has 7 nitrogen and oxygen atoms in total. The number of hydrogen-bond donors (Lipinski definition) is 2. The van der Waals surface area contributed by atoms with Gasteiger partial charge in [0.15, 0.2) is 0 Å². The molecule has 0 saturated heterocycles. The number of nitrogens with zero attached hydrogens (tertiary/aromatic N) is 4. The number of fused-ring (bicyclic) bond motifs is 1. The predicted octanol–water partition coefficient (Wildman–Crippen LogP) is 5.14. The number of anilines is 1. The van der Waals surface area contributed by atoms with Gasteiger partial charge in [-0.3, -0.25) is 4.79 Å². The van der Waals surface area contributed by atoms with E-state index in [9.17, 15) is 9.90 Å². The summed E-state index contributed by atoms with van der Waals surface area (Å²) in [6, 6.07) is 21.9. The van der Waals surface area contributed by atoms with Crippen molar-refractivity contribution in [3.8, 4) is 11.3 Å². The molecule has 2 aromatic carbocycles. The van der Waals surface area contributed by atoms with Crippen molar-refractivity contribution in [2.24, 2.45) is 5.41 Å². The molecule has 0 radical (unpaired) electrons. The summed E-state index contributed by atoms with van der Waals surface area (Å²) in [6.45, 7) is 3.88. The molecule has 0 aliphatic heterocycles. The van der Waals surface area contributed by atoms with E-state index in [0.29, 0.717) is 5.13 Å². The van der Waals surface area contributed by atoms with Crippen molar-refractivity contribution in [1.82, 2.24) is 19.6 Å². The normalized spacial score (nSPS) is 12.5. The number of imidazole rings is 1. The fraction of sp³-hybridized carbons (Fsp3) is 0.185. The Kier molecular flexibility index (Phi) is 6.15. The number of pyridine rings is 1. The molecule has 1 atom stereocenters. The van der Waals surface area contributed by atoms with Crippen LogP contribution in [0.4, 0.5) is 5.13 Å². The van der Waals surface area contributed by atoms with Crippen LogP contribution in [0.25, 0.3) is 16.8 Å². The van der Waals surface area contributed by atoms with Gasteiger partial charge in [0, 0.05) is 17.7 Å². The van der Waals surface area contributed by atoms with Gasteiger partial charge in [-0.1, -0.05) is 79.8 Å². The van der Waals surface area contributed by atoms with Crippen LogP contribution < -0.4 is 5.32 Å². The third kappa shape index (κ3) is 4.45. The molecule has 1 amide bonds. The quantitative estimate of drug-likeness (QED) is 0.334. The van der Waals surface area contributed by atoms with Crippen LogP contribution in [-0.4, -0.2) is 30.6 Å². The summed E-state index contributed by atoms with van der Waals surface area (Å²) in [7, 11) is 0. The predicted molar refractivity (Wildman–Crippen MR) is 137 cm³/mol. The van der Waals surface area contributed by atoms with Crippen LogP contribution in [0.2, 0.25) is 0 Å². The number of carbonyl (C=O) groups excluding carboxylic acids is 1. The Morgan fingerprint density at radius 2 is 1.91 bits per heavy atom. The molecule has 0 aliphatic carbocycles. The van der Waals surface area contributed by atoms with Crippen LogP contribution in [0.5, 0.6) is 0 Å². The smallest absolute Gasteiger partial charge is 0.232 e. The standard InChI is InChI=1S/C27H25N5O2S/c1-27(2,25(34)30-26-31-29-17-35-26)23(19-8-4-3-5-9-19)21-11-12-22-24(28-16-32(22)14-21)20-10-6-7-18(13-20)15-33/h3-14,16-17,23,33H,15H2,1-2H3,(H,30,31,34). The second-order valence-electron chi connectivity index (χ2n) is 8.97. The van der Waals surface area contributed by atoms with Gasteiger partial charge in [0.2, 0.25) is 11.0 Å². The molecule has 176 valence electrons. The average Bonchev–Trinajstić information content (AvgIpc) is 3.54. The van der Waals surface area contributed by atoms with E-state index < -0.39 is 5.41 Å². The van der Waals surface area contributed by atoms with E-state index in [1.54, 1.807) is 11.8 Å². The number of rotatable bonds is 7. The Morgan fingerprint density at radius 3 is 2.66 bits per heavy atom. The fourth-order valence-electron chi connectivity index (χ4n) is 4.52. The Bertz CT molecular complexity index is 1460. The first-order chi connectivity index (χ1) is 17.0. The second kappa shape index (κ2) is 9.40. The fourth-order valence-corrected chi connectivity index (χ4v) is 4.96. The number of aliphatic hydroxyl groups excluding tert-OH is 1. The van der Waals surface area contributed by atoms with Crippen molar-refractivity contribution < 1.29 is 9.90 Å². The number of carbonyl (C=O) groups is 1. The summed E-state index contributed by atoms with van der Waals surface area (Å²) in [5.41, 5.74) is 6.42. The molecule has 0 bridgehead atoms. The molecular weight excluding hydrogens is 458 g/mol. The van der Waals surface area contributed by atoms with Crippen molar-refractivity contribution in [3.63, 3.8) is 0 Å². The Labute approximate surface area is 207 Å². The number of aromatic nitrogens is 4. The van der Waals surface area contributed by atoms with Crippen LogP contribution in [0.1, 0.15) is 36.5 Å². The molecular formula is C27H25N5O2S. The van der Waals surface area contributed by atoms with Gasteiger partial charge in [0.1, 0.15) is 5.51 Å². The maximum absolute atomic E-state index is 13.4. The van der Waals surface area contributed by atoms with E-state index in [1.165, 1.54) is 11.3 Å². The van der Waals surface area contributed by atoms with Gasteiger partial charge in [-0.15, -0.1) is 10.2 Å². The summed E-state index contributed by atoms with van der Waals surface area (Å²) in [5, 5.41) is 20.7. The van der Waals surface area contributed by atoms with Crippen molar-refractivity contribution in [2.45, 2.75) is 26.4 Å². The Morgan fingerprint density at radius 1 is 1.09 bits per heavy atom. The highest BCUT2D eigenvalue weighted by molar-refractivity contribution is 7.13. The van der Waals surface area contributed by atoms with E-state index in [1.807, 2.05) is 73.0 Å². The number of amides is 1. The zero-order valence-electron chi connectivity index (χ0n) is 19.4. The molecule has 1 unspecified atom stereocenters. The number of benzene rings is 2. The van der Waals surface area contributed by atoms with E-state index in [0.717, 1.165) is 33.5 Å². The lowest BCUT2D eigenvalue weighted by Crippen LogP contribution is -2.37. The molecule has 5 rings (SSSR count). The summed E-state index contributed by atoms with van der Waals surface area (Å²) < 4.78 is 1.99. The van der Waals surface area contributed by atoms with Crippen LogP contribution in [0.15, 0.2) is 84.8 Å². The first kappa shape index (κ1) is 22.9. The highest BCUT2D eigenvalue weighted by Gasteiger charge is 2.39. The van der Waals surface area contributed by atoms with Gasteiger partial charge in [0.25, 0.3) is 0 Å². The van der Waals surface area contributed by atoms with Gasteiger partial charge in [-0.05, 0) is 28.8 Å². The van der Waals surface area contributed by atoms with Gasteiger partial charge in [-0.2, -0.15) is 0 Å². The van der Waals surface area contributed by atoms with Gasteiger partial charge in [-0.25, -0.2) is 4.98 Å². The second-order valence-corrected chi connectivity index (χ2v) is 9.80. The lowest BCUT2D eigenvalue weighted by atomic mass is 9.71. The molecule has 35 heavy (non-hydrogen) atoms. The van der Waals surface area contributed by atoms with Crippen molar-refractivity contribution >= 4 is 27.9 Å². The maximum atomic E-state index is 13.4. The summed E-state index contributed by atoms with van der Waals surface area (Å²) in [6.07, 6.45) is 3.83. The average molecular weight is 484 g/mol. The molecule has 3 aromatic heterocycles. The minimum absolute atomic E-state index is 0.0171. The largest absolute Gasteiger partial charge is 0.392 e. The van der Waals surface area contributed by atoms with Crippen molar-refractivity contribution in [1.29, 1.82) is 0 Å². The number of aliphatic hydroxyl groups is 1. The van der Waals surface area contributed by atoms with Gasteiger partial charge >= 0.3 is 0 Å². The highest BCUT2D eigenvalue weighted by Crippen LogP contribution is 2.42. The third-order valence-electron chi connectivity index (χ3n) is 6.29. The molecule has 0 spiro atoms. The zero-order valence-corrected chi connectivity index (χ0v) is 20.2. The summed E-state index contributed by atoms with van der Waals surface area (Å²) in [4.78, 5) is 18.1. The van der Waals surface area contributed by atoms with Gasteiger partial charge in [0.05, 0.1) is 29.6 Å². The minimum atomic E-state index is -0.792. The molecule has 2 N–H and O–H groups in total. The van der Waals surface area contributed by atoms with Crippen LogP contribution in [0.3, 0.4) is 0 Å². The monoisotopic (exact) mass is 483 g/mol.